The molecule has 0 saturated carbocycles. The molecule has 0 radical (unpaired) electrons. The first-order chi connectivity index (χ1) is 12.7. The molecule has 0 aliphatic carbocycles. The minimum atomic E-state index is 0.136. The highest BCUT2D eigenvalue weighted by Gasteiger charge is 2.30. The third-order valence-corrected chi connectivity index (χ3v) is 5.27. The predicted octanol–water partition coefficient (Wildman–Crippen LogP) is 0.0477. The summed E-state index contributed by atoms with van der Waals surface area (Å²) in [5.74, 6) is 1.95. The van der Waals surface area contributed by atoms with Gasteiger partial charge in [-0.2, -0.15) is 5.10 Å². The van der Waals surface area contributed by atoms with Crippen molar-refractivity contribution >= 4 is 11.7 Å². The van der Waals surface area contributed by atoms with Crippen LogP contribution in [-0.2, 0) is 4.79 Å². The van der Waals surface area contributed by atoms with Gasteiger partial charge in [0.05, 0.1) is 0 Å². The third-order valence-electron chi connectivity index (χ3n) is 5.27. The molecule has 138 valence electrons. The van der Waals surface area contributed by atoms with Gasteiger partial charge in [0.2, 0.25) is 5.91 Å². The van der Waals surface area contributed by atoms with Crippen LogP contribution in [0.2, 0.25) is 0 Å². The van der Waals surface area contributed by atoms with E-state index in [0.29, 0.717) is 11.7 Å². The summed E-state index contributed by atoms with van der Waals surface area (Å²) in [4.78, 5) is 23.1. The zero-order chi connectivity index (χ0) is 17.9. The Morgan fingerprint density at radius 1 is 1.00 bits per heavy atom. The van der Waals surface area contributed by atoms with Crippen LogP contribution in [0, 0.1) is 5.92 Å². The molecule has 0 bridgehead atoms. The second-order valence-corrected chi connectivity index (χ2v) is 6.98. The van der Waals surface area contributed by atoms with E-state index in [-0.39, 0.29) is 5.92 Å². The minimum Gasteiger partial charge on any atom is -0.355 e. The van der Waals surface area contributed by atoms with Gasteiger partial charge in [-0.1, -0.05) is 0 Å². The lowest BCUT2D eigenvalue weighted by Gasteiger charge is -2.37. The summed E-state index contributed by atoms with van der Waals surface area (Å²) in [5.41, 5.74) is 0. The van der Waals surface area contributed by atoms with Crippen molar-refractivity contribution in [2.24, 2.45) is 5.92 Å². The van der Waals surface area contributed by atoms with E-state index in [4.69, 9.17) is 0 Å². The molecule has 4 rings (SSSR count). The number of piperazine rings is 1. The Balaban J connectivity index is 1.32. The number of piperidine rings is 1. The number of nitrogens with zero attached hydrogens (tertiary/aromatic N) is 8. The molecule has 2 aliphatic heterocycles. The maximum Gasteiger partial charge on any atom is 0.225 e. The number of hydrogen-bond acceptors (Lipinski definition) is 7. The van der Waals surface area contributed by atoms with Crippen LogP contribution in [0.4, 0.5) is 5.82 Å². The normalized spacial score (nSPS) is 19.7. The van der Waals surface area contributed by atoms with Gasteiger partial charge in [-0.3, -0.25) is 4.79 Å². The molecule has 2 aromatic rings. The molecule has 9 heteroatoms. The van der Waals surface area contributed by atoms with E-state index < -0.39 is 0 Å². The number of amides is 1. The smallest absolute Gasteiger partial charge is 0.225 e. The Morgan fingerprint density at radius 3 is 2.31 bits per heavy atom. The lowest BCUT2D eigenvalue weighted by Crippen LogP contribution is -2.50. The lowest BCUT2D eigenvalue weighted by atomic mass is 9.95. The average Bonchev–Trinajstić information content (AvgIpc) is 3.23. The van der Waals surface area contributed by atoms with Crippen LogP contribution < -0.4 is 4.90 Å². The summed E-state index contributed by atoms with van der Waals surface area (Å²) in [6.45, 7) is 5.31. The molecular weight excluding hydrogens is 332 g/mol. The van der Waals surface area contributed by atoms with Crippen LogP contribution in [0.3, 0.4) is 0 Å². The van der Waals surface area contributed by atoms with Crippen molar-refractivity contribution in [1.82, 2.24) is 34.8 Å². The van der Waals surface area contributed by atoms with E-state index in [9.17, 15) is 4.79 Å². The van der Waals surface area contributed by atoms with E-state index in [1.54, 1.807) is 11.0 Å². The summed E-state index contributed by atoms with van der Waals surface area (Å²) >= 11 is 0. The number of carbonyl (C=O) groups excluding carboxylic acids is 1. The van der Waals surface area contributed by atoms with Crippen molar-refractivity contribution in [2.45, 2.75) is 12.8 Å². The molecule has 0 spiro atoms. The largest absolute Gasteiger partial charge is 0.355 e. The summed E-state index contributed by atoms with van der Waals surface area (Å²) in [5, 5.41) is 12.6. The maximum atomic E-state index is 12.7. The van der Waals surface area contributed by atoms with E-state index in [1.165, 1.54) is 6.33 Å². The molecular formula is C17H24N8O. The van der Waals surface area contributed by atoms with Crippen LogP contribution in [0.15, 0.2) is 24.8 Å². The first kappa shape index (κ1) is 16.9. The molecule has 9 nitrogen and oxygen atoms in total. The van der Waals surface area contributed by atoms with Gasteiger partial charge in [0, 0.05) is 45.2 Å². The molecule has 0 N–H and O–H groups in total. The first-order valence-corrected chi connectivity index (χ1v) is 9.12. The van der Waals surface area contributed by atoms with E-state index in [1.807, 2.05) is 17.0 Å². The van der Waals surface area contributed by atoms with Gasteiger partial charge in [-0.15, -0.1) is 10.2 Å². The van der Waals surface area contributed by atoms with Crippen LogP contribution in [0.25, 0.3) is 5.82 Å². The van der Waals surface area contributed by atoms with Gasteiger partial charge in [0.1, 0.15) is 12.7 Å². The highest BCUT2D eigenvalue weighted by Crippen LogP contribution is 2.23. The van der Waals surface area contributed by atoms with E-state index in [2.05, 4.69) is 37.1 Å². The number of anilines is 1. The van der Waals surface area contributed by atoms with Crippen molar-refractivity contribution < 1.29 is 4.79 Å². The molecule has 2 aliphatic rings. The van der Waals surface area contributed by atoms with Gasteiger partial charge < -0.3 is 14.7 Å². The number of hydrogen-bond donors (Lipinski definition) is 0. The van der Waals surface area contributed by atoms with Gasteiger partial charge in [-0.25, -0.2) is 9.67 Å². The minimum absolute atomic E-state index is 0.136. The fourth-order valence-corrected chi connectivity index (χ4v) is 3.58. The molecule has 0 aromatic carbocycles. The molecule has 2 aromatic heterocycles. The van der Waals surface area contributed by atoms with E-state index in [0.717, 1.165) is 57.9 Å². The Bertz CT molecular complexity index is 716. The Hall–Kier alpha value is -2.55. The first-order valence-electron chi connectivity index (χ1n) is 9.12. The zero-order valence-corrected chi connectivity index (χ0v) is 15.0. The molecule has 26 heavy (non-hydrogen) atoms. The standard InChI is InChI=1S/C17H24N8O/c1-22-8-10-24(11-9-22)17(26)14-4-6-23(7-5-14)15-2-3-16(21-20-15)25-13-18-12-19-25/h2-3,12-14H,4-11H2,1H3. The van der Waals surface area contributed by atoms with Crippen LogP contribution in [-0.4, -0.2) is 87.0 Å². The van der Waals surface area contributed by atoms with Crippen molar-refractivity contribution in [3.05, 3.63) is 24.8 Å². The van der Waals surface area contributed by atoms with Crippen molar-refractivity contribution in [3.8, 4) is 5.82 Å². The molecule has 0 atom stereocenters. The zero-order valence-electron chi connectivity index (χ0n) is 15.0. The van der Waals surface area contributed by atoms with Crippen LogP contribution >= 0.6 is 0 Å². The van der Waals surface area contributed by atoms with Crippen LogP contribution in [0.5, 0.6) is 0 Å². The predicted molar refractivity (Wildman–Crippen MR) is 96.0 cm³/mol. The number of carbonyl (C=O) groups is 1. The second-order valence-electron chi connectivity index (χ2n) is 6.98. The number of aromatic nitrogens is 5. The molecule has 4 heterocycles. The fourth-order valence-electron chi connectivity index (χ4n) is 3.58. The van der Waals surface area contributed by atoms with Gasteiger partial charge in [0.15, 0.2) is 11.6 Å². The SMILES string of the molecule is CN1CCN(C(=O)C2CCN(c3ccc(-n4cncn4)nn3)CC2)CC1. The maximum absolute atomic E-state index is 12.7. The fraction of sp³-hybridized carbons (Fsp3) is 0.588. The Kier molecular flexibility index (Phi) is 4.79. The molecule has 2 saturated heterocycles. The average molecular weight is 356 g/mol. The summed E-state index contributed by atoms with van der Waals surface area (Å²) in [6.07, 6.45) is 4.81. The highest BCUT2D eigenvalue weighted by atomic mass is 16.2. The number of rotatable bonds is 3. The van der Waals surface area contributed by atoms with Crippen molar-refractivity contribution in [2.75, 3.05) is 51.2 Å². The molecule has 1 amide bonds. The summed E-state index contributed by atoms with van der Waals surface area (Å²) in [6, 6.07) is 3.84. The quantitative estimate of drug-likeness (QED) is 0.768. The summed E-state index contributed by atoms with van der Waals surface area (Å²) in [7, 11) is 2.11. The summed E-state index contributed by atoms with van der Waals surface area (Å²) < 4.78 is 1.58. The number of likely N-dealkylation sites (N-methyl/N-ethyl adjacent to an activating group) is 1. The van der Waals surface area contributed by atoms with Crippen LogP contribution in [0.1, 0.15) is 12.8 Å². The highest BCUT2D eigenvalue weighted by molar-refractivity contribution is 5.79. The van der Waals surface area contributed by atoms with Gasteiger partial charge in [0.25, 0.3) is 0 Å². The Labute approximate surface area is 152 Å². The van der Waals surface area contributed by atoms with Crippen molar-refractivity contribution in [3.63, 3.8) is 0 Å². The topological polar surface area (TPSA) is 83.3 Å². The molecule has 0 unspecified atom stereocenters. The van der Waals surface area contributed by atoms with Gasteiger partial charge in [-0.05, 0) is 32.0 Å². The Morgan fingerprint density at radius 2 is 1.69 bits per heavy atom. The third kappa shape index (κ3) is 3.52. The second kappa shape index (κ2) is 7.36. The van der Waals surface area contributed by atoms with E-state index >= 15 is 0 Å². The lowest BCUT2D eigenvalue weighted by molar-refractivity contribution is -0.137. The van der Waals surface area contributed by atoms with Crippen molar-refractivity contribution in [1.29, 1.82) is 0 Å². The van der Waals surface area contributed by atoms with Gasteiger partial charge >= 0.3 is 0 Å². The monoisotopic (exact) mass is 356 g/mol. The molecule has 2 fully saturated rings.